The van der Waals surface area contributed by atoms with Gasteiger partial charge in [0.15, 0.2) is 0 Å². The predicted octanol–water partition coefficient (Wildman–Crippen LogP) is -6.04. The van der Waals surface area contributed by atoms with Crippen molar-refractivity contribution >= 4 is 47.4 Å². The van der Waals surface area contributed by atoms with Crippen LogP contribution >= 0.6 is 0 Å². The second-order valence-electron chi connectivity index (χ2n) is 8.06. The minimum absolute atomic E-state index is 0.320. The SMILES string of the molecule is CC(C)[C@H](NC(=O)[C@H](CO)NC(=O)CNC(=O)CNC(=O)CNC(=O)CN)C(=O)N[C@@H](CC(=O)O)C(=O)O. The Kier molecular flexibility index (Phi) is 15.2. The van der Waals surface area contributed by atoms with Crippen molar-refractivity contribution in [2.75, 3.05) is 32.8 Å². The molecule has 0 heterocycles. The van der Waals surface area contributed by atoms with Crippen LogP contribution in [0.3, 0.4) is 0 Å². The second-order valence-corrected chi connectivity index (χ2v) is 8.06. The Morgan fingerprint density at radius 1 is 0.684 bits per heavy atom. The summed E-state index contributed by atoms with van der Waals surface area (Å²) in [7, 11) is 0. The number of aliphatic hydroxyl groups is 1. The highest BCUT2D eigenvalue weighted by molar-refractivity contribution is 5.95. The molecule has 3 atom stereocenters. The Bertz CT molecular complexity index is 910. The smallest absolute Gasteiger partial charge is 0.326 e. The highest BCUT2D eigenvalue weighted by atomic mass is 16.4. The standard InChI is InChI=1S/C20H33N7O11/c1-9(2)17(19(36)26-10(20(37)38)3-16(33)34)27-18(35)11(8-28)25-15(32)7-24-14(31)6-23-13(30)5-22-12(29)4-21/h9-11,17,28H,3-8,21H2,1-2H3,(H,22,29)(H,23,30)(H,24,31)(H,25,32)(H,26,36)(H,27,35)(H,33,34)(H,37,38)/t10-,11-,17-/m0/s1. The molecule has 0 saturated carbocycles. The number of nitrogens with one attached hydrogen (secondary N) is 6. The molecule has 0 rings (SSSR count). The van der Waals surface area contributed by atoms with Crippen molar-refractivity contribution in [3.63, 3.8) is 0 Å². The van der Waals surface area contributed by atoms with Gasteiger partial charge in [-0.05, 0) is 5.92 Å². The van der Waals surface area contributed by atoms with E-state index >= 15 is 0 Å². The molecule has 6 amide bonds. The number of hydrogen-bond donors (Lipinski definition) is 10. The molecule has 18 heteroatoms. The van der Waals surface area contributed by atoms with E-state index in [0.29, 0.717) is 0 Å². The molecular weight excluding hydrogens is 514 g/mol. The fourth-order valence-corrected chi connectivity index (χ4v) is 2.60. The molecule has 38 heavy (non-hydrogen) atoms. The number of amides is 6. The molecule has 11 N–H and O–H groups in total. The van der Waals surface area contributed by atoms with E-state index in [-0.39, 0.29) is 6.54 Å². The molecule has 214 valence electrons. The summed E-state index contributed by atoms with van der Waals surface area (Å²) in [4.78, 5) is 93.4. The molecule has 0 aromatic carbocycles. The van der Waals surface area contributed by atoms with Crippen LogP contribution in [-0.2, 0) is 38.4 Å². The van der Waals surface area contributed by atoms with E-state index in [1.165, 1.54) is 13.8 Å². The molecule has 0 saturated heterocycles. The third-order valence-electron chi connectivity index (χ3n) is 4.60. The molecule has 0 radical (unpaired) electrons. The van der Waals surface area contributed by atoms with Gasteiger partial charge < -0.3 is 53.0 Å². The average Bonchev–Trinajstić information content (AvgIpc) is 2.84. The number of carbonyl (C=O) groups excluding carboxylic acids is 6. The summed E-state index contributed by atoms with van der Waals surface area (Å²) < 4.78 is 0. The highest BCUT2D eigenvalue weighted by Crippen LogP contribution is 2.04. The first-order chi connectivity index (χ1) is 17.7. The van der Waals surface area contributed by atoms with E-state index in [9.17, 15) is 43.5 Å². The minimum Gasteiger partial charge on any atom is -0.481 e. The van der Waals surface area contributed by atoms with Crippen molar-refractivity contribution in [3.05, 3.63) is 0 Å². The molecule has 0 aliphatic heterocycles. The summed E-state index contributed by atoms with van der Waals surface area (Å²) >= 11 is 0. The van der Waals surface area contributed by atoms with Gasteiger partial charge in [-0.2, -0.15) is 0 Å². The van der Waals surface area contributed by atoms with Gasteiger partial charge in [-0.25, -0.2) is 4.79 Å². The maximum Gasteiger partial charge on any atom is 0.326 e. The first-order valence-corrected chi connectivity index (χ1v) is 11.2. The van der Waals surface area contributed by atoms with Crippen molar-refractivity contribution in [2.45, 2.75) is 38.4 Å². The van der Waals surface area contributed by atoms with E-state index in [4.69, 9.17) is 15.9 Å². The average molecular weight is 548 g/mol. The molecule has 0 aromatic heterocycles. The van der Waals surface area contributed by atoms with Gasteiger partial charge >= 0.3 is 11.9 Å². The van der Waals surface area contributed by atoms with Crippen LogP contribution in [-0.4, -0.2) is 114 Å². The zero-order valence-corrected chi connectivity index (χ0v) is 20.7. The van der Waals surface area contributed by atoms with Crippen molar-refractivity contribution in [2.24, 2.45) is 11.7 Å². The topological polar surface area (TPSA) is 295 Å². The molecule has 18 nitrogen and oxygen atoms in total. The van der Waals surface area contributed by atoms with Crippen LogP contribution in [0.5, 0.6) is 0 Å². The lowest BCUT2D eigenvalue weighted by Gasteiger charge is -2.25. The number of carboxylic acid groups (broad SMARTS) is 2. The second kappa shape index (κ2) is 17.2. The predicted molar refractivity (Wildman–Crippen MR) is 126 cm³/mol. The molecule has 0 spiro atoms. The maximum absolute atomic E-state index is 12.5. The van der Waals surface area contributed by atoms with Crippen molar-refractivity contribution in [1.29, 1.82) is 0 Å². The number of rotatable bonds is 17. The third-order valence-corrected chi connectivity index (χ3v) is 4.60. The van der Waals surface area contributed by atoms with E-state index < -0.39 is 104 Å². The zero-order chi connectivity index (χ0) is 29.4. The van der Waals surface area contributed by atoms with Crippen LogP contribution in [0.2, 0.25) is 0 Å². The lowest BCUT2D eigenvalue weighted by atomic mass is 10.0. The van der Waals surface area contributed by atoms with Gasteiger partial charge in [-0.1, -0.05) is 13.8 Å². The number of carboxylic acids is 2. The van der Waals surface area contributed by atoms with Gasteiger partial charge in [0.25, 0.3) is 0 Å². The lowest BCUT2D eigenvalue weighted by Crippen LogP contribution is -2.58. The van der Waals surface area contributed by atoms with Gasteiger partial charge in [-0.3, -0.25) is 33.6 Å². The minimum atomic E-state index is -1.76. The molecule has 0 unspecified atom stereocenters. The normalized spacial score (nSPS) is 12.8. The van der Waals surface area contributed by atoms with Crippen molar-refractivity contribution < 1.29 is 53.7 Å². The first kappa shape index (κ1) is 33.7. The van der Waals surface area contributed by atoms with Gasteiger partial charge in [0, 0.05) is 0 Å². The van der Waals surface area contributed by atoms with Gasteiger partial charge in [0.05, 0.1) is 39.2 Å². The lowest BCUT2D eigenvalue weighted by molar-refractivity contribution is -0.147. The monoisotopic (exact) mass is 547 g/mol. The van der Waals surface area contributed by atoms with Gasteiger partial charge in [0.1, 0.15) is 18.1 Å². The van der Waals surface area contributed by atoms with E-state index in [0.717, 1.165) is 0 Å². The fourth-order valence-electron chi connectivity index (χ4n) is 2.60. The van der Waals surface area contributed by atoms with Crippen molar-refractivity contribution in [3.8, 4) is 0 Å². The fraction of sp³-hybridized carbons (Fsp3) is 0.600. The Hall–Kier alpha value is -4.32. The third kappa shape index (κ3) is 13.7. The van der Waals surface area contributed by atoms with E-state index in [1.807, 2.05) is 5.32 Å². The number of nitrogens with two attached hydrogens (primary N) is 1. The molecule has 0 aliphatic carbocycles. The van der Waals surface area contributed by atoms with Crippen LogP contribution in [0.15, 0.2) is 0 Å². The highest BCUT2D eigenvalue weighted by Gasteiger charge is 2.32. The summed E-state index contributed by atoms with van der Waals surface area (Å²) in [5.74, 6) is -8.66. The number of carbonyl (C=O) groups is 8. The number of aliphatic hydroxyl groups excluding tert-OH is 1. The first-order valence-electron chi connectivity index (χ1n) is 11.2. The number of aliphatic carboxylic acids is 2. The molecule has 0 bridgehead atoms. The Labute approximate surface area is 216 Å². The Balaban J connectivity index is 4.84. The summed E-state index contributed by atoms with van der Waals surface area (Å²) in [6.45, 7) is 0.196. The van der Waals surface area contributed by atoms with Crippen molar-refractivity contribution in [1.82, 2.24) is 31.9 Å². The molecular formula is C20H33N7O11. The van der Waals surface area contributed by atoms with Gasteiger partial charge in [-0.15, -0.1) is 0 Å². The summed E-state index contributed by atoms with van der Waals surface area (Å²) in [5.41, 5.74) is 5.06. The maximum atomic E-state index is 12.5. The van der Waals surface area contributed by atoms with E-state index in [2.05, 4.69) is 26.6 Å². The largest absolute Gasteiger partial charge is 0.481 e. The van der Waals surface area contributed by atoms with Crippen LogP contribution in [0.4, 0.5) is 0 Å². The zero-order valence-electron chi connectivity index (χ0n) is 20.7. The van der Waals surface area contributed by atoms with Gasteiger partial charge in [0.2, 0.25) is 35.4 Å². The Morgan fingerprint density at radius 3 is 1.61 bits per heavy atom. The van der Waals surface area contributed by atoms with Crippen LogP contribution in [0.25, 0.3) is 0 Å². The summed E-state index contributed by atoms with van der Waals surface area (Å²) in [6, 6.07) is -4.67. The summed E-state index contributed by atoms with van der Waals surface area (Å²) in [5, 5.41) is 40.3. The quantitative estimate of drug-likeness (QED) is 0.0814. The molecule has 0 fully saturated rings. The molecule has 0 aliphatic rings. The number of hydrogen-bond acceptors (Lipinski definition) is 10. The molecule has 0 aromatic rings. The van der Waals surface area contributed by atoms with Crippen LogP contribution in [0, 0.1) is 5.92 Å². The summed E-state index contributed by atoms with van der Waals surface area (Å²) in [6.07, 6.45) is -0.907. The van der Waals surface area contributed by atoms with Crippen LogP contribution < -0.4 is 37.6 Å². The van der Waals surface area contributed by atoms with Crippen LogP contribution in [0.1, 0.15) is 20.3 Å². The Morgan fingerprint density at radius 2 is 1.18 bits per heavy atom. The van der Waals surface area contributed by atoms with E-state index in [1.54, 1.807) is 0 Å².